The van der Waals surface area contributed by atoms with E-state index in [9.17, 15) is 14.4 Å². The molecule has 0 saturated heterocycles. The molecule has 3 aromatic rings. The van der Waals surface area contributed by atoms with E-state index >= 15 is 0 Å². The normalized spacial score (nSPS) is 11.9. The Bertz CT molecular complexity index is 1230. The number of ketones is 1. The van der Waals surface area contributed by atoms with Crippen LogP contribution in [0.25, 0.3) is 0 Å². The first kappa shape index (κ1) is 24.0. The zero-order valence-electron chi connectivity index (χ0n) is 19.7. The molecule has 8 heteroatoms. The number of nitrogens with zero attached hydrogens (tertiary/aromatic N) is 3. The third kappa shape index (κ3) is 6.19. The fourth-order valence-electron chi connectivity index (χ4n) is 3.22. The van der Waals surface area contributed by atoms with E-state index in [1.807, 2.05) is 45.0 Å². The minimum Gasteiger partial charge on any atom is -0.491 e. The molecule has 0 aliphatic rings. The van der Waals surface area contributed by atoms with Crippen molar-refractivity contribution in [2.24, 2.45) is 5.92 Å². The zero-order chi connectivity index (χ0) is 24.1. The Labute approximate surface area is 192 Å². The summed E-state index contributed by atoms with van der Waals surface area (Å²) in [4.78, 5) is 41.9. The van der Waals surface area contributed by atoms with Crippen molar-refractivity contribution in [3.8, 4) is 5.75 Å². The number of aromatic nitrogens is 3. The van der Waals surface area contributed by atoms with Gasteiger partial charge in [-0.3, -0.25) is 9.36 Å². The summed E-state index contributed by atoms with van der Waals surface area (Å²) in [5.74, 6) is 0.277. The van der Waals surface area contributed by atoms with Gasteiger partial charge in [-0.15, -0.1) is 0 Å². The monoisotopic (exact) mass is 450 g/mol. The van der Waals surface area contributed by atoms with Gasteiger partial charge in [-0.25, -0.2) is 14.2 Å². The van der Waals surface area contributed by atoms with E-state index in [2.05, 4.69) is 10.3 Å². The van der Waals surface area contributed by atoms with Crippen LogP contribution >= 0.6 is 0 Å². The lowest BCUT2D eigenvalue weighted by Gasteiger charge is -2.17. The summed E-state index contributed by atoms with van der Waals surface area (Å²) < 4.78 is 8.10. The predicted molar refractivity (Wildman–Crippen MR) is 128 cm³/mol. The molecule has 33 heavy (non-hydrogen) atoms. The molecule has 3 rings (SSSR count). The number of Topliss-reactive ketones (excluding diaryl/α,β-unsaturated/α-hetero) is 1. The van der Waals surface area contributed by atoms with Crippen molar-refractivity contribution in [2.75, 3.05) is 5.32 Å². The van der Waals surface area contributed by atoms with E-state index in [4.69, 9.17) is 4.74 Å². The van der Waals surface area contributed by atoms with Gasteiger partial charge >= 0.3 is 11.4 Å². The van der Waals surface area contributed by atoms with Crippen LogP contribution < -0.4 is 21.4 Å². The van der Waals surface area contributed by atoms with Crippen LogP contribution in [0.15, 0.2) is 58.1 Å². The fraction of sp³-hybridized carbons (Fsp3) is 0.360. The van der Waals surface area contributed by atoms with Crippen LogP contribution in [0.3, 0.4) is 0 Å². The Hall–Kier alpha value is -3.68. The summed E-state index contributed by atoms with van der Waals surface area (Å²) in [6.07, 6.45) is 0.0511. The Morgan fingerprint density at radius 3 is 2.21 bits per heavy atom. The maximum Gasteiger partial charge on any atom is 0.354 e. The van der Waals surface area contributed by atoms with Gasteiger partial charge < -0.3 is 10.1 Å². The molecule has 0 aliphatic carbocycles. The van der Waals surface area contributed by atoms with Crippen LogP contribution in [0.4, 0.5) is 11.6 Å². The molecule has 2 aromatic carbocycles. The van der Waals surface area contributed by atoms with Gasteiger partial charge in [0.25, 0.3) is 0 Å². The highest BCUT2D eigenvalue weighted by Crippen LogP contribution is 2.19. The average Bonchev–Trinajstić information content (AvgIpc) is 2.76. The van der Waals surface area contributed by atoms with E-state index in [1.54, 1.807) is 31.2 Å². The maximum atomic E-state index is 13.3. The number of rotatable bonds is 9. The molecule has 1 atom stereocenters. The lowest BCUT2D eigenvalue weighted by molar-refractivity contribution is -0.120. The molecule has 0 unspecified atom stereocenters. The lowest BCUT2D eigenvalue weighted by Crippen LogP contribution is -2.44. The third-order valence-electron chi connectivity index (χ3n) is 5.24. The van der Waals surface area contributed by atoms with Crippen molar-refractivity contribution in [3.05, 3.63) is 80.6 Å². The molecule has 1 N–H and O–H groups in total. The first-order valence-corrected chi connectivity index (χ1v) is 11.0. The van der Waals surface area contributed by atoms with Gasteiger partial charge in [-0.2, -0.15) is 4.98 Å². The van der Waals surface area contributed by atoms with Crippen molar-refractivity contribution in [3.63, 3.8) is 0 Å². The molecule has 174 valence electrons. The molecule has 0 spiro atoms. The van der Waals surface area contributed by atoms with Crippen molar-refractivity contribution in [1.29, 1.82) is 0 Å². The number of anilines is 2. The SMILES string of the molecule is CC(=O)[C@@H](C)Cn1c(=O)nc(Nc2ccc(OC(C)C)cc2)n(Cc2ccc(C)cc2)c1=O. The largest absolute Gasteiger partial charge is 0.491 e. The Morgan fingerprint density at radius 1 is 1.00 bits per heavy atom. The van der Waals surface area contributed by atoms with Gasteiger partial charge in [-0.1, -0.05) is 36.8 Å². The third-order valence-corrected chi connectivity index (χ3v) is 5.24. The second-order valence-electron chi connectivity index (χ2n) is 8.51. The molecular weight excluding hydrogens is 420 g/mol. The number of carbonyl (C=O) groups excluding carboxylic acids is 1. The van der Waals surface area contributed by atoms with Crippen molar-refractivity contribution < 1.29 is 9.53 Å². The van der Waals surface area contributed by atoms with Crippen LogP contribution in [0.5, 0.6) is 5.75 Å². The van der Waals surface area contributed by atoms with Crippen LogP contribution in [0.2, 0.25) is 0 Å². The highest BCUT2D eigenvalue weighted by Gasteiger charge is 2.18. The Kier molecular flexibility index (Phi) is 7.48. The number of hydrogen-bond donors (Lipinski definition) is 1. The van der Waals surface area contributed by atoms with Gasteiger partial charge in [0.2, 0.25) is 5.95 Å². The number of nitrogens with one attached hydrogen (secondary N) is 1. The van der Waals surface area contributed by atoms with Crippen LogP contribution in [0, 0.1) is 12.8 Å². The van der Waals surface area contributed by atoms with Gasteiger partial charge in [0.05, 0.1) is 12.6 Å². The van der Waals surface area contributed by atoms with E-state index in [1.165, 1.54) is 11.5 Å². The second kappa shape index (κ2) is 10.3. The van der Waals surface area contributed by atoms with Crippen LogP contribution in [0.1, 0.15) is 38.8 Å². The van der Waals surface area contributed by atoms with Crippen molar-refractivity contribution in [1.82, 2.24) is 14.1 Å². The summed E-state index contributed by atoms with van der Waals surface area (Å²) in [6.45, 7) is 9.21. The molecule has 0 bridgehead atoms. The molecular formula is C25H30N4O4. The van der Waals surface area contributed by atoms with Gasteiger partial charge in [0, 0.05) is 18.2 Å². The van der Waals surface area contributed by atoms with Crippen LogP contribution in [-0.4, -0.2) is 26.0 Å². The highest BCUT2D eigenvalue weighted by atomic mass is 16.5. The molecule has 0 saturated carbocycles. The fourth-order valence-corrected chi connectivity index (χ4v) is 3.22. The maximum absolute atomic E-state index is 13.3. The summed E-state index contributed by atoms with van der Waals surface area (Å²) in [7, 11) is 0. The summed E-state index contributed by atoms with van der Waals surface area (Å²) >= 11 is 0. The lowest BCUT2D eigenvalue weighted by atomic mass is 10.1. The Morgan fingerprint density at radius 2 is 1.64 bits per heavy atom. The minimum absolute atomic E-state index is 0.0184. The zero-order valence-corrected chi connectivity index (χ0v) is 19.7. The van der Waals surface area contributed by atoms with Gasteiger partial charge in [0.1, 0.15) is 11.5 Å². The molecule has 0 aliphatic heterocycles. The number of aryl methyl sites for hydroxylation is 1. The smallest absolute Gasteiger partial charge is 0.354 e. The number of benzene rings is 2. The minimum atomic E-state index is -0.699. The molecule has 8 nitrogen and oxygen atoms in total. The van der Waals surface area contributed by atoms with E-state index < -0.39 is 17.3 Å². The molecule has 0 radical (unpaired) electrons. The topological polar surface area (TPSA) is 95.2 Å². The Balaban J connectivity index is 2.02. The molecule has 1 aromatic heterocycles. The highest BCUT2D eigenvalue weighted by molar-refractivity contribution is 5.77. The number of carbonyl (C=O) groups is 1. The van der Waals surface area contributed by atoms with E-state index in [0.717, 1.165) is 15.7 Å². The van der Waals surface area contributed by atoms with Crippen LogP contribution in [-0.2, 0) is 17.9 Å². The average molecular weight is 451 g/mol. The second-order valence-corrected chi connectivity index (χ2v) is 8.51. The summed E-state index contributed by atoms with van der Waals surface area (Å²) in [5, 5.41) is 3.09. The van der Waals surface area contributed by atoms with Gasteiger partial charge in [-0.05, 0) is 57.5 Å². The summed E-state index contributed by atoms with van der Waals surface area (Å²) in [5.41, 5.74) is 1.43. The van der Waals surface area contributed by atoms with Crippen molar-refractivity contribution >= 4 is 17.4 Å². The molecule has 0 fully saturated rings. The summed E-state index contributed by atoms with van der Waals surface area (Å²) in [6, 6.07) is 15.0. The molecule has 0 amide bonds. The van der Waals surface area contributed by atoms with E-state index in [-0.39, 0.29) is 30.9 Å². The number of ether oxygens (including phenoxy) is 1. The quantitative estimate of drug-likeness (QED) is 0.536. The van der Waals surface area contributed by atoms with Crippen molar-refractivity contribution in [2.45, 2.75) is 53.8 Å². The number of hydrogen-bond acceptors (Lipinski definition) is 6. The molecule has 1 heterocycles. The standard InChI is InChI=1S/C25H30N4O4/c1-16(2)33-22-12-10-21(11-13-22)26-23-27-24(31)29(14-18(4)19(5)30)25(32)28(23)15-20-8-6-17(3)7-9-20/h6-13,16,18H,14-15H2,1-5H3,(H,26,27,31)/t18-/m0/s1. The first-order chi connectivity index (χ1) is 15.6. The van der Waals surface area contributed by atoms with E-state index in [0.29, 0.717) is 11.4 Å². The van der Waals surface area contributed by atoms with Gasteiger partial charge in [0.15, 0.2) is 0 Å². The predicted octanol–water partition coefficient (Wildman–Crippen LogP) is 3.52. The first-order valence-electron chi connectivity index (χ1n) is 11.0.